The van der Waals surface area contributed by atoms with Crippen LogP contribution in [-0.2, 0) is 10.0 Å². The van der Waals surface area contributed by atoms with Crippen molar-refractivity contribution in [1.82, 2.24) is 9.97 Å². The van der Waals surface area contributed by atoms with Crippen LogP contribution >= 0.6 is 11.6 Å². The number of rotatable bonds is 7. The maximum absolute atomic E-state index is 12.8. The number of nitrogens with zero attached hydrogens (tertiary/aromatic N) is 2. The summed E-state index contributed by atoms with van der Waals surface area (Å²) in [7, 11) is -3.99. The molecule has 28 heavy (non-hydrogen) atoms. The first-order chi connectivity index (χ1) is 13.4. The second kappa shape index (κ2) is 8.37. The molecule has 0 aliphatic carbocycles. The van der Waals surface area contributed by atoms with E-state index in [1.54, 1.807) is 12.1 Å². The molecular weight excluding hydrogens is 402 g/mol. The van der Waals surface area contributed by atoms with Crippen molar-refractivity contribution in [3.8, 4) is 5.75 Å². The van der Waals surface area contributed by atoms with E-state index in [4.69, 9.17) is 16.3 Å². The zero-order chi connectivity index (χ0) is 20.1. The molecular formula is C19H16ClN3O4S. The summed E-state index contributed by atoms with van der Waals surface area (Å²) in [5.41, 5.74) is 0.274. The molecule has 2 aromatic heterocycles. The third-order valence-electron chi connectivity index (χ3n) is 3.75. The highest BCUT2D eigenvalue weighted by molar-refractivity contribution is 7.92. The number of sulfonamides is 1. The molecule has 0 spiro atoms. The summed E-state index contributed by atoms with van der Waals surface area (Å²) >= 11 is 6.18. The molecule has 0 amide bonds. The Morgan fingerprint density at radius 2 is 1.75 bits per heavy atom. The van der Waals surface area contributed by atoms with Crippen LogP contribution in [0.5, 0.6) is 5.75 Å². The van der Waals surface area contributed by atoms with Gasteiger partial charge < -0.3 is 4.74 Å². The summed E-state index contributed by atoms with van der Waals surface area (Å²) in [6, 6.07) is 10.3. The number of pyridine rings is 2. The van der Waals surface area contributed by atoms with Gasteiger partial charge in [0.1, 0.15) is 5.75 Å². The first-order valence-electron chi connectivity index (χ1n) is 8.27. The van der Waals surface area contributed by atoms with E-state index in [0.29, 0.717) is 17.9 Å². The minimum absolute atomic E-state index is 0.0000358. The van der Waals surface area contributed by atoms with E-state index in [1.165, 1.54) is 48.9 Å². The van der Waals surface area contributed by atoms with Gasteiger partial charge in [-0.1, -0.05) is 11.6 Å². The number of hydrogen-bond acceptors (Lipinski definition) is 6. The molecule has 2 heterocycles. The van der Waals surface area contributed by atoms with E-state index < -0.39 is 15.8 Å². The van der Waals surface area contributed by atoms with Gasteiger partial charge in [0.15, 0.2) is 11.6 Å². The molecule has 0 atom stereocenters. The van der Waals surface area contributed by atoms with Gasteiger partial charge in [-0.15, -0.1) is 0 Å². The van der Waals surface area contributed by atoms with Crippen molar-refractivity contribution in [3.05, 3.63) is 77.2 Å². The third-order valence-corrected chi connectivity index (χ3v) is 5.42. The molecule has 0 aliphatic heterocycles. The topological polar surface area (TPSA) is 98.3 Å². The monoisotopic (exact) mass is 417 g/mol. The van der Waals surface area contributed by atoms with Crippen LogP contribution in [0.4, 0.5) is 5.82 Å². The number of benzene rings is 1. The summed E-state index contributed by atoms with van der Waals surface area (Å²) in [4.78, 5) is 20.7. The average molecular weight is 418 g/mol. The summed E-state index contributed by atoms with van der Waals surface area (Å²) in [6.07, 6.45) is 4.24. The molecule has 0 saturated heterocycles. The molecule has 0 fully saturated rings. The number of anilines is 1. The molecule has 3 aromatic rings. The summed E-state index contributed by atoms with van der Waals surface area (Å²) in [5, 5.41) is 0.0844. The van der Waals surface area contributed by atoms with Crippen molar-refractivity contribution < 1.29 is 17.9 Å². The van der Waals surface area contributed by atoms with Gasteiger partial charge in [-0.05, 0) is 49.4 Å². The maximum Gasteiger partial charge on any atom is 0.263 e. The second-order valence-corrected chi connectivity index (χ2v) is 7.68. The average Bonchev–Trinajstić information content (AvgIpc) is 2.69. The normalized spacial score (nSPS) is 11.1. The molecule has 1 aromatic carbocycles. The Morgan fingerprint density at radius 1 is 1.07 bits per heavy atom. The van der Waals surface area contributed by atoms with Crippen molar-refractivity contribution in [1.29, 1.82) is 0 Å². The molecule has 1 N–H and O–H groups in total. The van der Waals surface area contributed by atoms with Crippen molar-refractivity contribution in [2.75, 3.05) is 11.3 Å². The van der Waals surface area contributed by atoms with E-state index in [0.717, 1.165) is 0 Å². The minimum atomic E-state index is -3.99. The SMILES string of the molecule is CCOc1ccc(S(=O)(=O)Nc2nccc(Cl)c2C(=O)c2ccncc2)cc1. The van der Waals surface area contributed by atoms with Gasteiger partial charge >= 0.3 is 0 Å². The molecule has 0 unspecified atom stereocenters. The van der Waals surface area contributed by atoms with E-state index in [-0.39, 0.29) is 21.3 Å². The van der Waals surface area contributed by atoms with Crippen LogP contribution in [0.15, 0.2) is 66.0 Å². The fourth-order valence-corrected chi connectivity index (χ4v) is 3.70. The lowest BCUT2D eigenvalue weighted by molar-refractivity contribution is 0.103. The van der Waals surface area contributed by atoms with Crippen LogP contribution in [0.2, 0.25) is 5.02 Å². The van der Waals surface area contributed by atoms with Gasteiger partial charge in [0.25, 0.3) is 10.0 Å². The molecule has 9 heteroatoms. The summed E-state index contributed by atoms with van der Waals surface area (Å²) in [5.74, 6) is -0.0658. The quantitative estimate of drug-likeness (QED) is 0.590. The van der Waals surface area contributed by atoms with Gasteiger partial charge in [-0.25, -0.2) is 13.4 Å². The number of halogens is 1. The fraction of sp³-hybridized carbons (Fsp3) is 0.105. The Morgan fingerprint density at radius 3 is 2.39 bits per heavy atom. The Balaban J connectivity index is 1.96. The lowest BCUT2D eigenvalue weighted by Crippen LogP contribution is -2.17. The van der Waals surface area contributed by atoms with Crippen LogP contribution < -0.4 is 9.46 Å². The first kappa shape index (κ1) is 19.8. The Hall–Kier alpha value is -2.97. The van der Waals surface area contributed by atoms with Crippen molar-refractivity contribution in [2.24, 2.45) is 0 Å². The van der Waals surface area contributed by atoms with Crippen LogP contribution in [-0.4, -0.2) is 30.8 Å². The zero-order valence-corrected chi connectivity index (χ0v) is 16.4. The summed E-state index contributed by atoms with van der Waals surface area (Å²) in [6.45, 7) is 2.30. The minimum Gasteiger partial charge on any atom is -0.494 e. The predicted octanol–water partition coefficient (Wildman–Crippen LogP) is 3.56. The Kier molecular flexibility index (Phi) is 5.91. The molecule has 7 nitrogen and oxygen atoms in total. The van der Waals surface area contributed by atoms with Gasteiger partial charge in [-0.2, -0.15) is 0 Å². The largest absolute Gasteiger partial charge is 0.494 e. The second-order valence-electron chi connectivity index (χ2n) is 5.59. The van der Waals surface area contributed by atoms with Crippen LogP contribution in [0, 0.1) is 0 Å². The van der Waals surface area contributed by atoms with Gasteiger partial charge in [0.05, 0.1) is 22.1 Å². The highest BCUT2D eigenvalue weighted by Crippen LogP contribution is 2.27. The lowest BCUT2D eigenvalue weighted by atomic mass is 10.1. The van der Waals surface area contributed by atoms with E-state index in [9.17, 15) is 13.2 Å². The molecule has 0 aliphatic rings. The Bertz CT molecular complexity index is 1090. The molecule has 0 radical (unpaired) electrons. The standard InChI is InChI=1S/C19H16ClN3O4S/c1-2-27-14-3-5-15(6-4-14)28(25,26)23-19-17(16(20)9-12-22-19)18(24)13-7-10-21-11-8-13/h3-12H,2H2,1H3,(H,22,23). The fourth-order valence-electron chi connectivity index (χ4n) is 2.45. The number of ether oxygens (including phenoxy) is 1. The number of aromatic nitrogens is 2. The number of carbonyl (C=O) groups is 1. The van der Waals surface area contributed by atoms with Crippen molar-refractivity contribution >= 4 is 33.2 Å². The zero-order valence-electron chi connectivity index (χ0n) is 14.8. The smallest absolute Gasteiger partial charge is 0.263 e. The third kappa shape index (κ3) is 4.29. The molecule has 0 bridgehead atoms. The van der Waals surface area contributed by atoms with E-state index in [2.05, 4.69) is 14.7 Å². The van der Waals surface area contributed by atoms with Gasteiger partial charge in [0, 0.05) is 24.2 Å². The Labute approximate surface area is 167 Å². The summed E-state index contributed by atoms with van der Waals surface area (Å²) < 4.78 is 33.1. The maximum atomic E-state index is 12.8. The number of hydrogen-bond donors (Lipinski definition) is 1. The van der Waals surface area contributed by atoms with E-state index in [1.807, 2.05) is 6.92 Å². The van der Waals surface area contributed by atoms with Crippen molar-refractivity contribution in [3.63, 3.8) is 0 Å². The number of ketones is 1. The van der Waals surface area contributed by atoms with Gasteiger partial charge in [-0.3, -0.25) is 14.5 Å². The number of nitrogens with one attached hydrogen (secondary N) is 1. The molecule has 0 saturated carbocycles. The molecule has 144 valence electrons. The van der Waals surface area contributed by atoms with Crippen molar-refractivity contribution in [2.45, 2.75) is 11.8 Å². The lowest BCUT2D eigenvalue weighted by Gasteiger charge is -2.13. The van der Waals surface area contributed by atoms with Crippen LogP contribution in [0.3, 0.4) is 0 Å². The number of carbonyl (C=O) groups excluding carboxylic acids is 1. The highest BCUT2D eigenvalue weighted by atomic mass is 35.5. The highest BCUT2D eigenvalue weighted by Gasteiger charge is 2.23. The first-order valence-corrected chi connectivity index (χ1v) is 10.1. The van der Waals surface area contributed by atoms with Crippen LogP contribution in [0.1, 0.15) is 22.8 Å². The predicted molar refractivity (Wildman–Crippen MR) is 105 cm³/mol. The van der Waals surface area contributed by atoms with Gasteiger partial charge in [0.2, 0.25) is 0 Å². The van der Waals surface area contributed by atoms with Crippen LogP contribution in [0.25, 0.3) is 0 Å². The molecule has 3 rings (SSSR count). The van der Waals surface area contributed by atoms with E-state index >= 15 is 0 Å².